The summed E-state index contributed by atoms with van der Waals surface area (Å²) >= 11 is 0. The molecule has 1 atom stereocenters. The zero-order valence-corrected chi connectivity index (χ0v) is 13.4. The third kappa shape index (κ3) is 2.57. The molecule has 6 heteroatoms. The molecule has 0 aromatic heterocycles. The van der Waals surface area contributed by atoms with Gasteiger partial charge in [-0.25, -0.2) is 4.79 Å². The second kappa shape index (κ2) is 6.20. The van der Waals surface area contributed by atoms with E-state index < -0.39 is 17.6 Å². The molecule has 1 aromatic carbocycles. The van der Waals surface area contributed by atoms with Crippen LogP contribution in [0.2, 0.25) is 0 Å². The Balaban J connectivity index is 2.00. The van der Waals surface area contributed by atoms with Crippen LogP contribution < -0.4 is 10.2 Å². The first kappa shape index (κ1) is 15.8. The van der Waals surface area contributed by atoms with Crippen molar-refractivity contribution in [2.24, 2.45) is 0 Å². The first-order chi connectivity index (χ1) is 11.1. The van der Waals surface area contributed by atoms with E-state index in [4.69, 9.17) is 0 Å². The van der Waals surface area contributed by atoms with Gasteiger partial charge in [0, 0.05) is 5.69 Å². The van der Waals surface area contributed by atoms with E-state index in [1.165, 1.54) is 0 Å². The van der Waals surface area contributed by atoms with Crippen LogP contribution in [0.25, 0.3) is 0 Å². The summed E-state index contributed by atoms with van der Waals surface area (Å²) in [5.74, 6) is -0.975. The Bertz CT molecular complexity index is 584. The van der Waals surface area contributed by atoms with Crippen molar-refractivity contribution in [2.45, 2.75) is 37.8 Å². The molecular formula is C17H23N3O3. The van der Waals surface area contributed by atoms with E-state index in [-0.39, 0.29) is 5.91 Å². The summed E-state index contributed by atoms with van der Waals surface area (Å²) in [5, 5.41) is 12.8. The SMILES string of the molecule is CCC(C(=O)O)N1CN(c2ccccc2)C2(CCNCC2)C1=O. The lowest BCUT2D eigenvalue weighted by molar-refractivity contribution is -0.149. The van der Waals surface area contributed by atoms with E-state index in [1.54, 1.807) is 4.90 Å². The van der Waals surface area contributed by atoms with E-state index in [9.17, 15) is 14.7 Å². The molecule has 0 radical (unpaired) electrons. The van der Waals surface area contributed by atoms with Crippen LogP contribution in [0.5, 0.6) is 0 Å². The number of carbonyl (C=O) groups is 2. The number of anilines is 1. The summed E-state index contributed by atoms with van der Waals surface area (Å²) in [6, 6.07) is 9.06. The maximum Gasteiger partial charge on any atom is 0.326 e. The lowest BCUT2D eigenvalue weighted by Crippen LogP contribution is -2.56. The number of nitrogens with zero attached hydrogens (tertiary/aromatic N) is 2. The molecule has 3 rings (SSSR count). The highest BCUT2D eigenvalue weighted by molar-refractivity contribution is 5.96. The number of carboxylic acids is 1. The molecular weight excluding hydrogens is 294 g/mol. The van der Waals surface area contributed by atoms with Crippen molar-refractivity contribution in [1.29, 1.82) is 0 Å². The lowest BCUT2D eigenvalue weighted by Gasteiger charge is -2.40. The van der Waals surface area contributed by atoms with Crippen molar-refractivity contribution in [3.8, 4) is 0 Å². The van der Waals surface area contributed by atoms with Crippen LogP contribution in [0.4, 0.5) is 5.69 Å². The number of rotatable bonds is 4. The average molecular weight is 317 g/mol. The van der Waals surface area contributed by atoms with E-state index in [0.717, 1.165) is 18.8 Å². The Kier molecular flexibility index (Phi) is 4.26. The molecule has 1 spiro atoms. The summed E-state index contributed by atoms with van der Waals surface area (Å²) in [4.78, 5) is 28.4. The molecule has 1 aromatic rings. The van der Waals surface area contributed by atoms with Gasteiger partial charge >= 0.3 is 5.97 Å². The van der Waals surface area contributed by atoms with E-state index in [0.29, 0.717) is 25.9 Å². The minimum Gasteiger partial charge on any atom is -0.480 e. The largest absolute Gasteiger partial charge is 0.480 e. The maximum absolute atomic E-state index is 13.2. The van der Waals surface area contributed by atoms with Gasteiger partial charge in [-0.05, 0) is 44.5 Å². The summed E-state index contributed by atoms with van der Waals surface area (Å²) in [7, 11) is 0. The number of carbonyl (C=O) groups excluding carboxylic acids is 1. The topological polar surface area (TPSA) is 72.9 Å². The van der Waals surface area contributed by atoms with Gasteiger partial charge < -0.3 is 20.2 Å². The average Bonchev–Trinajstić information content (AvgIpc) is 2.83. The predicted molar refractivity (Wildman–Crippen MR) is 87.2 cm³/mol. The third-order valence-corrected chi connectivity index (χ3v) is 5.02. The van der Waals surface area contributed by atoms with Crippen LogP contribution in [0.1, 0.15) is 26.2 Å². The Hall–Kier alpha value is -2.08. The number of aliphatic carboxylic acids is 1. The van der Waals surface area contributed by atoms with Crippen LogP contribution in [0.3, 0.4) is 0 Å². The minimum absolute atomic E-state index is 0.0443. The molecule has 2 saturated heterocycles. The fourth-order valence-corrected chi connectivity index (χ4v) is 3.76. The van der Waals surface area contributed by atoms with Gasteiger partial charge in [0.25, 0.3) is 5.91 Å². The highest BCUT2D eigenvalue weighted by Gasteiger charge is 2.54. The number of benzene rings is 1. The standard InChI is InChI=1S/C17H23N3O3/c1-2-14(15(21)22)19-12-20(13-6-4-3-5-7-13)17(16(19)23)8-10-18-11-9-17/h3-7,14,18H,2,8-12H2,1H3,(H,21,22). The molecule has 1 amide bonds. The molecule has 1 unspecified atom stereocenters. The number of hydrogen-bond donors (Lipinski definition) is 2. The van der Waals surface area contributed by atoms with Gasteiger partial charge in [-0.3, -0.25) is 4.79 Å². The van der Waals surface area contributed by atoms with Crippen LogP contribution in [0, 0.1) is 0 Å². The molecule has 2 fully saturated rings. The van der Waals surface area contributed by atoms with Gasteiger partial charge in [0.2, 0.25) is 0 Å². The lowest BCUT2D eigenvalue weighted by atomic mass is 9.86. The van der Waals surface area contributed by atoms with Gasteiger partial charge in [0.1, 0.15) is 11.6 Å². The summed E-state index contributed by atoms with van der Waals surface area (Å²) in [6.45, 7) is 3.69. The van der Waals surface area contributed by atoms with Gasteiger partial charge in [0.05, 0.1) is 6.67 Å². The van der Waals surface area contributed by atoms with E-state index in [2.05, 4.69) is 10.2 Å². The normalized spacial score (nSPS) is 21.7. The van der Waals surface area contributed by atoms with Crippen molar-refractivity contribution >= 4 is 17.6 Å². The number of nitrogens with one attached hydrogen (secondary N) is 1. The van der Waals surface area contributed by atoms with Crippen LogP contribution in [-0.4, -0.2) is 53.2 Å². The van der Waals surface area contributed by atoms with Crippen molar-refractivity contribution in [3.63, 3.8) is 0 Å². The highest BCUT2D eigenvalue weighted by Crippen LogP contribution is 2.39. The van der Waals surface area contributed by atoms with Crippen LogP contribution in [-0.2, 0) is 9.59 Å². The zero-order valence-electron chi connectivity index (χ0n) is 13.4. The smallest absolute Gasteiger partial charge is 0.326 e. The molecule has 2 aliphatic rings. The van der Waals surface area contributed by atoms with Crippen LogP contribution >= 0.6 is 0 Å². The van der Waals surface area contributed by atoms with Gasteiger partial charge in [0.15, 0.2) is 0 Å². The van der Waals surface area contributed by atoms with Gasteiger partial charge in [-0.1, -0.05) is 25.1 Å². The summed E-state index contributed by atoms with van der Waals surface area (Å²) < 4.78 is 0. The quantitative estimate of drug-likeness (QED) is 0.875. The second-order valence-corrected chi connectivity index (χ2v) is 6.22. The van der Waals surface area contributed by atoms with Crippen molar-refractivity contribution in [3.05, 3.63) is 30.3 Å². The summed E-state index contributed by atoms with van der Waals surface area (Å²) in [5.41, 5.74) is 0.362. The van der Waals surface area contributed by atoms with E-state index >= 15 is 0 Å². The molecule has 2 heterocycles. The fourth-order valence-electron chi connectivity index (χ4n) is 3.76. The monoisotopic (exact) mass is 317 g/mol. The minimum atomic E-state index is -0.931. The first-order valence-electron chi connectivity index (χ1n) is 8.17. The fraction of sp³-hybridized carbons (Fsp3) is 0.529. The van der Waals surface area contributed by atoms with E-state index in [1.807, 2.05) is 37.3 Å². The first-order valence-corrected chi connectivity index (χ1v) is 8.17. The molecule has 6 nitrogen and oxygen atoms in total. The molecule has 124 valence electrons. The number of piperidine rings is 1. The molecule has 0 aliphatic carbocycles. The van der Waals surface area contributed by atoms with Gasteiger partial charge in [-0.15, -0.1) is 0 Å². The number of carboxylic acid groups (broad SMARTS) is 1. The second-order valence-electron chi connectivity index (χ2n) is 6.22. The molecule has 2 N–H and O–H groups in total. The molecule has 0 bridgehead atoms. The van der Waals surface area contributed by atoms with Crippen molar-refractivity contribution in [2.75, 3.05) is 24.7 Å². The maximum atomic E-state index is 13.2. The van der Waals surface area contributed by atoms with Crippen LogP contribution in [0.15, 0.2) is 30.3 Å². The van der Waals surface area contributed by atoms with Crippen molar-refractivity contribution < 1.29 is 14.7 Å². The Morgan fingerprint density at radius 1 is 1.30 bits per heavy atom. The predicted octanol–water partition coefficient (Wildman–Crippen LogP) is 1.28. The molecule has 0 saturated carbocycles. The molecule has 2 aliphatic heterocycles. The summed E-state index contributed by atoms with van der Waals surface area (Å²) in [6.07, 6.45) is 1.82. The Labute approximate surface area is 136 Å². The number of para-hydroxylation sites is 1. The molecule has 23 heavy (non-hydrogen) atoms. The van der Waals surface area contributed by atoms with Gasteiger partial charge in [-0.2, -0.15) is 0 Å². The Morgan fingerprint density at radius 3 is 2.52 bits per heavy atom. The van der Waals surface area contributed by atoms with Crippen molar-refractivity contribution in [1.82, 2.24) is 10.2 Å². The zero-order chi connectivity index (χ0) is 16.4. The highest BCUT2D eigenvalue weighted by atomic mass is 16.4. The Morgan fingerprint density at radius 2 is 1.96 bits per heavy atom. The third-order valence-electron chi connectivity index (χ3n) is 5.02. The number of amides is 1. The number of hydrogen-bond acceptors (Lipinski definition) is 4.